The SMILES string of the molecule is COc1ccc(NC(=O)C2CCN(c3cnccn3)CC2)c(OC)c1. The van der Waals surface area contributed by atoms with Gasteiger partial charge in [-0.25, -0.2) is 4.98 Å². The van der Waals surface area contributed by atoms with Gasteiger partial charge in [0.2, 0.25) is 5.91 Å². The molecule has 7 nitrogen and oxygen atoms in total. The maximum atomic E-state index is 12.6. The summed E-state index contributed by atoms with van der Waals surface area (Å²) in [7, 11) is 3.17. The van der Waals surface area contributed by atoms with Crippen molar-refractivity contribution >= 4 is 17.4 Å². The van der Waals surface area contributed by atoms with Crippen LogP contribution >= 0.6 is 0 Å². The second kappa shape index (κ2) is 7.83. The molecule has 0 aliphatic carbocycles. The Kier molecular flexibility index (Phi) is 5.33. The van der Waals surface area contributed by atoms with Gasteiger partial charge in [0.25, 0.3) is 0 Å². The van der Waals surface area contributed by atoms with E-state index in [9.17, 15) is 4.79 Å². The van der Waals surface area contributed by atoms with Crippen molar-refractivity contribution < 1.29 is 14.3 Å². The molecule has 3 rings (SSSR count). The minimum Gasteiger partial charge on any atom is -0.497 e. The van der Waals surface area contributed by atoms with Gasteiger partial charge in [-0.05, 0) is 25.0 Å². The zero-order chi connectivity index (χ0) is 17.6. The lowest BCUT2D eigenvalue weighted by Crippen LogP contribution is -2.38. The van der Waals surface area contributed by atoms with Crippen molar-refractivity contribution in [1.82, 2.24) is 9.97 Å². The Morgan fingerprint density at radius 1 is 1.20 bits per heavy atom. The number of nitrogens with one attached hydrogen (secondary N) is 1. The van der Waals surface area contributed by atoms with Crippen LogP contribution in [0, 0.1) is 5.92 Å². The van der Waals surface area contributed by atoms with Crippen molar-refractivity contribution in [1.29, 1.82) is 0 Å². The van der Waals surface area contributed by atoms with Crippen LogP contribution in [0.1, 0.15) is 12.8 Å². The molecule has 1 saturated heterocycles. The van der Waals surface area contributed by atoms with Crippen LogP contribution in [0.5, 0.6) is 11.5 Å². The van der Waals surface area contributed by atoms with E-state index in [0.717, 1.165) is 31.7 Å². The van der Waals surface area contributed by atoms with E-state index in [0.29, 0.717) is 17.2 Å². The standard InChI is InChI=1S/C18H22N4O3/c1-24-14-3-4-15(16(11-14)25-2)21-18(23)13-5-9-22(10-6-13)17-12-19-7-8-20-17/h3-4,7-8,11-13H,5-6,9-10H2,1-2H3,(H,21,23). The van der Waals surface area contributed by atoms with Crippen LogP contribution in [0.25, 0.3) is 0 Å². The fraction of sp³-hybridized carbons (Fsp3) is 0.389. The van der Waals surface area contributed by atoms with Crippen LogP contribution in [0.2, 0.25) is 0 Å². The second-order valence-electron chi connectivity index (χ2n) is 5.88. The van der Waals surface area contributed by atoms with Gasteiger partial charge in [0, 0.05) is 37.5 Å². The molecule has 0 unspecified atom stereocenters. The molecule has 1 aromatic carbocycles. The van der Waals surface area contributed by atoms with Crippen LogP contribution in [-0.2, 0) is 4.79 Å². The zero-order valence-electron chi connectivity index (χ0n) is 14.4. The topological polar surface area (TPSA) is 76.6 Å². The number of aromatic nitrogens is 2. The second-order valence-corrected chi connectivity index (χ2v) is 5.88. The highest BCUT2D eigenvalue weighted by molar-refractivity contribution is 5.94. The van der Waals surface area contributed by atoms with Gasteiger partial charge in [0.15, 0.2) is 0 Å². The van der Waals surface area contributed by atoms with Gasteiger partial charge >= 0.3 is 0 Å². The molecule has 0 radical (unpaired) electrons. The molecule has 2 heterocycles. The molecule has 1 amide bonds. The van der Waals surface area contributed by atoms with Crippen molar-refractivity contribution in [3.63, 3.8) is 0 Å². The van der Waals surface area contributed by atoms with Gasteiger partial charge in [0.1, 0.15) is 17.3 Å². The highest BCUT2D eigenvalue weighted by atomic mass is 16.5. The van der Waals surface area contributed by atoms with Crippen LogP contribution in [-0.4, -0.2) is 43.2 Å². The van der Waals surface area contributed by atoms with Crippen LogP contribution in [0.15, 0.2) is 36.8 Å². The number of amides is 1. The highest BCUT2D eigenvalue weighted by Crippen LogP contribution is 2.30. The van der Waals surface area contributed by atoms with Crippen molar-refractivity contribution in [3.05, 3.63) is 36.8 Å². The first kappa shape index (κ1) is 17.0. The molecule has 0 saturated carbocycles. The number of hydrogen-bond acceptors (Lipinski definition) is 6. The summed E-state index contributed by atoms with van der Waals surface area (Å²) in [4.78, 5) is 23.2. The van der Waals surface area contributed by atoms with E-state index < -0.39 is 0 Å². The van der Waals surface area contributed by atoms with E-state index in [2.05, 4.69) is 20.2 Å². The zero-order valence-corrected chi connectivity index (χ0v) is 14.4. The fourth-order valence-corrected chi connectivity index (χ4v) is 2.96. The van der Waals surface area contributed by atoms with Crippen molar-refractivity contribution in [2.75, 3.05) is 37.5 Å². The first-order chi connectivity index (χ1) is 12.2. The maximum Gasteiger partial charge on any atom is 0.227 e. The quantitative estimate of drug-likeness (QED) is 0.899. The lowest BCUT2D eigenvalue weighted by atomic mass is 9.96. The fourth-order valence-electron chi connectivity index (χ4n) is 2.96. The molecule has 1 aromatic heterocycles. The van der Waals surface area contributed by atoms with Gasteiger partial charge in [0.05, 0.1) is 26.1 Å². The Morgan fingerprint density at radius 2 is 2.00 bits per heavy atom. The number of carbonyl (C=O) groups is 1. The Hall–Kier alpha value is -2.83. The number of benzene rings is 1. The van der Waals surface area contributed by atoms with Gasteiger partial charge in [-0.2, -0.15) is 0 Å². The number of ether oxygens (including phenoxy) is 2. The summed E-state index contributed by atoms with van der Waals surface area (Å²) >= 11 is 0. The molecule has 2 aromatic rings. The molecule has 1 N–H and O–H groups in total. The van der Waals surface area contributed by atoms with Crippen LogP contribution in [0.4, 0.5) is 11.5 Å². The number of rotatable bonds is 5. The third kappa shape index (κ3) is 3.99. The Bertz CT molecular complexity index is 716. The summed E-state index contributed by atoms with van der Waals surface area (Å²) in [5.41, 5.74) is 0.657. The van der Waals surface area contributed by atoms with Gasteiger partial charge < -0.3 is 19.7 Å². The number of nitrogens with zero attached hydrogens (tertiary/aromatic N) is 3. The van der Waals surface area contributed by atoms with Crippen molar-refractivity contribution in [2.24, 2.45) is 5.92 Å². The summed E-state index contributed by atoms with van der Waals surface area (Å²) in [5, 5.41) is 2.97. The van der Waals surface area contributed by atoms with E-state index in [1.807, 2.05) is 0 Å². The molecular weight excluding hydrogens is 320 g/mol. The van der Waals surface area contributed by atoms with E-state index in [1.165, 1.54) is 0 Å². The maximum absolute atomic E-state index is 12.6. The lowest BCUT2D eigenvalue weighted by Gasteiger charge is -2.31. The van der Waals surface area contributed by atoms with E-state index >= 15 is 0 Å². The largest absolute Gasteiger partial charge is 0.497 e. The van der Waals surface area contributed by atoms with Gasteiger partial charge in [-0.3, -0.25) is 9.78 Å². The molecule has 0 bridgehead atoms. The van der Waals surface area contributed by atoms with Crippen molar-refractivity contribution in [3.8, 4) is 11.5 Å². The first-order valence-corrected chi connectivity index (χ1v) is 8.25. The molecule has 1 aliphatic rings. The summed E-state index contributed by atoms with van der Waals surface area (Å²) < 4.78 is 10.5. The smallest absolute Gasteiger partial charge is 0.227 e. The minimum absolute atomic E-state index is 0.0160. The number of hydrogen-bond donors (Lipinski definition) is 1. The monoisotopic (exact) mass is 342 g/mol. The van der Waals surface area contributed by atoms with Gasteiger partial charge in [-0.1, -0.05) is 0 Å². The summed E-state index contributed by atoms with van der Waals surface area (Å²) in [5.74, 6) is 2.12. The molecule has 0 spiro atoms. The number of carbonyl (C=O) groups excluding carboxylic acids is 1. The summed E-state index contributed by atoms with van der Waals surface area (Å²) in [6.45, 7) is 1.58. The molecule has 132 valence electrons. The highest BCUT2D eigenvalue weighted by Gasteiger charge is 2.26. The third-order valence-corrected chi connectivity index (χ3v) is 4.41. The molecular formula is C18H22N4O3. The number of anilines is 2. The molecule has 25 heavy (non-hydrogen) atoms. The van der Waals surface area contributed by atoms with Crippen LogP contribution < -0.4 is 19.7 Å². The Labute approximate surface area is 147 Å². The summed E-state index contributed by atoms with van der Waals surface area (Å²) in [6, 6.07) is 5.35. The summed E-state index contributed by atoms with van der Waals surface area (Å²) in [6.07, 6.45) is 6.65. The normalized spacial score (nSPS) is 14.9. The first-order valence-electron chi connectivity index (χ1n) is 8.25. The van der Waals surface area contributed by atoms with Gasteiger partial charge in [-0.15, -0.1) is 0 Å². The van der Waals surface area contributed by atoms with E-state index in [1.54, 1.807) is 51.0 Å². The predicted molar refractivity (Wildman–Crippen MR) is 95.1 cm³/mol. The van der Waals surface area contributed by atoms with Crippen molar-refractivity contribution in [2.45, 2.75) is 12.8 Å². The average molecular weight is 342 g/mol. The molecule has 7 heteroatoms. The molecule has 0 atom stereocenters. The Morgan fingerprint density at radius 3 is 2.64 bits per heavy atom. The molecule has 1 fully saturated rings. The number of methoxy groups -OCH3 is 2. The Balaban J connectivity index is 1.60. The third-order valence-electron chi connectivity index (χ3n) is 4.41. The average Bonchev–Trinajstić information content (AvgIpc) is 2.69. The minimum atomic E-state index is -0.0280. The lowest BCUT2D eigenvalue weighted by molar-refractivity contribution is -0.120. The van der Waals surface area contributed by atoms with E-state index in [-0.39, 0.29) is 11.8 Å². The van der Waals surface area contributed by atoms with E-state index in [4.69, 9.17) is 9.47 Å². The van der Waals surface area contributed by atoms with Crippen LogP contribution in [0.3, 0.4) is 0 Å². The predicted octanol–water partition coefficient (Wildman–Crippen LogP) is 2.35. The number of piperidine rings is 1. The molecule has 1 aliphatic heterocycles.